The summed E-state index contributed by atoms with van der Waals surface area (Å²) in [4.78, 5) is 14.2. The Labute approximate surface area is 126 Å². The summed E-state index contributed by atoms with van der Waals surface area (Å²) in [6.45, 7) is 0. The molecule has 0 spiro atoms. The fourth-order valence-corrected chi connectivity index (χ4v) is 4.10. The lowest BCUT2D eigenvalue weighted by Gasteiger charge is -1.95. The molecule has 20 heavy (non-hydrogen) atoms. The van der Waals surface area contributed by atoms with Gasteiger partial charge in [0.1, 0.15) is 0 Å². The van der Waals surface area contributed by atoms with E-state index in [4.69, 9.17) is 0 Å². The van der Waals surface area contributed by atoms with Crippen molar-refractivity contribution < 1.29 is 4.79 Å². The monoisotopic (exact) mass is 304 g/mol. The van der Waals surface area contributed by atoms with Gasteiger partial charge in [-0.05, 0) is 54.1 Å². The van der Waals surface area contributed by atoms with Crippen molar-refractivity contribution in [2.45, 2.75) is 32.1 Å². The van der Waals surface area contributed by atoms with Gasteiger partial charge in [-0.15, -0.1) is 11.3 Å². The predicted octanol–water partition coefficient (Wildman–Crippen LogP) is 3.84. The first-order chi connectivity index (χ1) is 9.83. The van der Waals surface area contributed by atoms with Crippen LogP contribution in [0.25, 0.3) is 0 Å². The average molecular weight is 304 g/mol. The topological polar surface area (TPSA) is 41.5 Å². The van der Waals surface area contributed by atoms with Gasteiger partial charge >= 0.3 is 0 Å². The summed E-state index contributed by atoms with van der Waals surface area (Å²) in [7, 11) is 0. The molecular formula is C15H16N2OS2. The first-order valence-electron chi connectivity index (χ1n) is 6.80. The van der Waals surface area contributed by atoms with Gasteiger partial charge in [0.05, 0.1) is 11.1 Å². The number of carbonyl (C=O) groups is 1. The summed E-state index contributed by atoms with van der Waals surface area (Å²) in [5, 5.41) is 7.98. The maximum absolute atomic E-state index is 12.1. The summed E-state index contributed by atoms with van der Waals surface area (Å²) in [5.74, 6) is -0.102. The molecule has 2 aromatic heterocycles. The summed E-state index contributed by atoms with van der Waals surface area (Å²) in [5.41, 5.74) is 4.98. The van der Waals surface area contributed by atoms with E-state index in [1.807, 2.05) is 22.9 Å². The van der Waals surface area contributed by atoms with Gasteiger partial charge in [0.2, 0.25) is 0 Å². The van der Waals surface area contributed by atoms with Crippen LogP contribution in [0.5, 0.6) is 0 Å². The molecular weight excluding hydrogens is 288 g/mol. The number of hydrogen-bond donors (Lipinski definition) is 1. The van der Waals surface area contributed by atoms with Gasteiger partial charge in [0, 0.05) is 10.4 Å². The molecule has 3 rings (SSSR count). The van der Waals surface area contributed by atoms with E-state index in [1.165, 1.54) is 29.7 Å². The quantitative estimate of drug-likeness (QED) is 0.522. The van der Waals surface area contributed by atoms with Crippen LogP contribution in [0, 0.1) is 0 Å². The van der Waals surface area contributed by atoms with Gasteiger partial charge in [-0.3, -0.25) is 4.79 Å². The van der Waals surface area contributed by atoms with E-state index in [2.05, 4.69) is 10.5 Å². The van der Waals surface area contributed by atoms with Crippen LogP contribution in [0.3, 0.4) is 0 Å². The Hall–Kier alpha value is -1.46. The van der Waals surface area contributed by atoms with Crippen LogP contribution in [0.4, 0.5) is 0 Å². The first-order valence-corrected chi connectivity index (χ1v) is 8.56. The van der Waals surface area contributed by atoms with Crippen LogP contribution in [0.2, 0.25) is 0 Å². The second-order valence-electron chi connectivity index (χ2n) is 4.88. The van der Waals surface area contributed by atoms with Crippen molar-refractivity contribution in [3.8, 4) is 0 Å². The number of rotatable bonds is 3. The number of nitrogens with zero attached hydrogens (tertiary/aromatic N) is 1. The molecule has 104 valence electrons. The molecule has 0 aromatic carbocycles. The van der Waals surface area contributed by atoms with Crippen molar-refractivity contribution >= 4 is 34.8 Å². The van der Waals surface area contributed by atoms with Crippen molar-refractivity contribution in [2.24, 2.45) is 5.10 Å². The number of hydrazone groups is 1. The number of aryl methyl sites for hydroxylation is 2. The third-order valence-corrected chi connectivity index (χ3v) is 5.33. The fourth-order valence-electron chi connectivity index (χ4n) is 2.35. The summed E-state index contributed by atoms with van der Waals surface area (Å²) >= 11 is 3.23. The smallest absolute Gasteiger partial charge is 0.266 e. The van der Waals surface area contributed by atoms with Crippen LogP contribution in [-0.2, 0) is 12.8 Å². The molecule has 1 N–H and O–H groups in total. The van der Waals surface area contributed by atoms with E-state index in [9.17, 15) is 4.79 Å². The molecule has 0 aliphatic heterocycles. The maximum Gasteiger partial charge on any atom is 0.281 e. The molecule has 0 unspecified atom stereocenters. The number of fused-ring (bicyclic) bond motifs is 1. The number of hydrogen-bond acceptors (Lipinski definition) is 4. The van der Waals surface area contributed by atoms with E-state index in [0.717, 1.165) is 23.3 Å². The molecule has 2 aromatic rings. The van der Waals surface area contributed by atoms with Gasteiger partial charge < -0.3 is 0 Å². The largest absolute Gasteiger partial charge is 0.281 e. The van der Waals surface area contributed by atoms with Gasteiger partial charge in [0.25, 0.3) is 5.91 Å². The average Bonchev–Trinajstić information content (AvgIpc) is 3.05. The van der Waals surface area contributed by atoms with Crippen LogP contribution in [0.1, 0.15) is 44.9 Å². The lowest BCUT2D eigenvalue weighted by Crippen LogP contribution is -2.16. The van der Waals surface area contributed by atoms with Crippen molar-refractivity contribution in [3.63, 3.8) is 0 Å². The van der Waals surface area contributed by atoms with Crippen molar-refractivity contribution in [1.29, 1.82) is 0 Å². The third-order valence-electron chi connectivity index (χ3n) is 3.39. The minimum atomic E-state index is -0.102. The number of nitrogens with one attached hydrogen (secondary N) is 1. The van der Waals surface area contributed by atoms with E-state index < -0.39 is 0 Å². The SMILES string of the molecule is O=C(N/N=C\c1ccsc1)c1cc2c(s1)CCCCC2. The highest BCUT2D eigenvalue weighted by atomic mass is 32.1. The summed E-state index contributed by atoms with van der Waals surface area (Å²) in [6.07, 6.45) is 7.68. The molecule has 0 saturated heterocycles. The van der Waals surface area contributed by atoms with Gasteiger partial charge in [-0.25, -0.2) is 5.43 Å². The highest BCUT2D eigenvalue weighted by molar-refractivity contribution is 7.14. The Bertz CT molecular complexity index is 590. The Kier molecular flexibility index (Phi) is 4.28. The van der Waals surface area contributed by atoms with E-state index in [-0.39, 0.29) is 5.91 Å². The Morgan fingerprint density at radius 2 is 2.20 bits per heavy atom. The van der Waals surface area contributed by atoms with Crippen LogP contribution >= 0.6 is 22.7 Å². The molecule has 0 fully saturated rings. The minimum Gasteiger partial charge on any atom is -0.266 e. The maximum atomic E-state index is 12.1. The molecule has 0 saturated carbocycles. The van der Waals surface area contributed by atoms with Crippen LogP contribution < -0.4 is 5.43 Å². The van der Waals surface area contributed by atoms with E-state index >= 15 is 0 Å². The zero-order chi connectivity index (χ0) is 13.8. The molecule has 1 aliphatic carbocycles. The van der Waals surface area contributed by atoms with Crippen molar-refractivity contribution in [2.75, 3.05) is 0 Å². The summed E-state index contributed by atoms with van der Waals surface area (Å²) < 4.78 is 0. The predicted molar refractivity (Wildman–Crippen MR) is 85.0 cm³/mol. The van der Waals surface area contributed by atoms with Crippen molar-refractivity contribution in [3.05, 3.63) is 43.8 Å². The fraction of sp³-hybridized carbons (Fsp3) is 0.333. The highest BCUT2D eigenvalue weighted by Crippen LogP contribution is 2.28. The second kappa shape index (κ2) is 6.33. The number of amides is 1. The molecule has 0 atom stereocenters. The zero-order valence-electron chi connectivity index (χ0n) is 11.1. The molecule has 0 radical (unpaired) electrons. The second-order valence-corrected chi connectivity index (χ2v) is 6.79. The zero-order valence-corrected chi connectivity index (χ0v) is 12.7. The summed E-state index contributed by atoms with van der Waals surface area (Å²) in [6, 6.07) is 4.01. The highest BCUT2D eigenvalue weighted by Gasteiger charge is 2.15. The third kappa shape index (κ3) is 3.16. The van der Waals surface area contributed by atoms with Crippen molar-refractivity contribution in [1.82, 2.24) is 5.43 Å². The minimum absolute atomic E-state index is 0.102. The Balaban J connectivity index is 1.65. The molecule has 3 nitrogen and oxygen atoms in total. The molecule has 0 bridgehead atoms. The molecule has 5 heteroatoms. The number of carbonyl (C=O) groups excluding carboxylic acids is 1. The normalized spacial score (nSPS) is 15.0. The number of thiophene rings is 2. The Morgan fingerprint density at radius 3 is 3.05 bits per heavy atom. The standard InChI is InChI=1S/C15H16N2OS2/c18-15(17-16-9-11-6-7-19-10-11)14-8-12-4-2-1-3-5-13(12)20-14/h6-10H,1-5H2,(H,17,18)/b16-9-. The van der Waals surface area contributed by atoms with E-state index in [0.29, 0.717) is 0 Å². The van der Waals surface area contributed by atoms with Gasteiger partial charge in [-0.2, -0.15) is 16.4 Å². The first kappa shape index (κ1) is 13.5. The van der Waals surface area contributed by atoms with Crippen LogP contribution in [-0.4, -0.2) is 12.1 Å². The van der Waals surface area contributed by atoms with Gasteiger partial charge in [0.15, 0.2) is 0 Å². The molecule has 1 amide bonds. The van der Waals surface area contributed by atoms with E-state index in [1.54, 1.807) is 28.9 Å². The molecule has 2 heterocycles. The Morgan fingerprint density at radius 1 is 1.30 bits per heavy atom. The van der Waals surface area contributed by atoms with Crippen LogP contribution in [0.15, 0.2) is 28.0 Å². The lowest BCUT2D eigenvalue weighted by molar-refractivity contribution is 0.0959. The van der Waals surface area contributed by atoms with Gasteiger partial charge in [-0.1, -0.05) is 6.42 Å². The molecule has 1 aliphatic rings. The lowest BCUT2D eigenvalue weighted by atomic mass is 10.1.